The molecule has 0 radical (unpaired) electrons. The Bertz CT molecular complexity index is 1300. The number of methoxy groups -OCH3 is 1. The average molecular weight is 505 g/mol. The number of ether oxygens (including phenoxy) is 3. The van der Waals surface area contributed by atoms with Crippen LogP contribution in [-0.2, 0) is 17.5 Å². The third-order valence-electron chi connectivity index (χ3n) is 6.59. The molecule has 2 aromatic carbocycles. The Kier molecular flexibility index (Phi) is 6.92. The Morgan fingerprint density at radius 2 is 1.78 bits per heavy atom. The van der Waals surface area contributed by atoms with Gasteiger partial charge in [0.2, 0.25) is 11.2 Å². The molecule has 0 atom stereocenters. The van der Waals surface area contributed by atoms with Crippen LogP contribution in [0.3, 0.4) is 0 Å². The summed E-state index contributed by atoms with van der Waals surface area (Å²) in [6.07, 6.45) is -4.02. The second kappa shape index (κ2) is 10.1. The quantitative estimate of drug-likeness (QED) is 0.494. The van der Waals surface area contributed by atoms with Crippen LogP contribution in [0.25, 0.3) is 22.1 Å². The van der Waals surface area contributed by atoms with Gasteiger partial charge in [0.05, 0.1) is 36.8 Å². The van der Waals surface area contributed by atoms with E-state index in [9.17, 15) is 18.0 Å². The predicted molar refractivity (Wildman–Crippen MR) is 127 cm³/mol. The summed E-state index contributed by atoms with van der Waals surface area (Å²) in [5, 5.41) is 0.0708. The lowest BCUT2D eigenvalue weighted by Crippen LogP contribution is -2.39. The number of para-hydroxylation sites is 1. The lowest BCUT2D eigenvalue weighted by molar-refractivity contribution is -0.152. The maximum absolute atomic E-state index is 14.2. The molecule has 0 saturated carbocycles. The molecule has 2 aliphatic heterocycles. The number of halogens is 3. The van der Waals surface area contributed by atoms with Gasteiger partial charge in [-0.2, -0.15) is 13.2 Å². The van der Waals surface area contributed by atoms with Crippen molar-refractivity contribution in [3.63, 3.8) is 0 Å². The van der Waals surface area contributed by atoms with E-state index in [1.54, 1.807) is 18.2 Å². The van der Waals surface area contributed by atoms with E-state index in [0.29, 0.717) is 31.1 Å². The Morgan fingerprint density at radius 1 is 1.03 bits per heavy atom. The maximum atomic E-state index is 14.2. The molecule has 3 heterocycles. The van der Waals surface area contributed by atoms with Gasteiger partial charge in [0.1, 0.15) is 23.8 Å². The first-order chi connectivity index (χ1) is 17.4. The molecule has 1 saturated heterocycles. The molecule has 36 heavy (non-hydrogen) atoms. The Hall–Kier alpha value is -3.08. The van der Waals surface area contributed by atoms with Gasteiger partial charge in [0.15, 0.2) is 0 Å². The topological polar surface area (TPSA) is 64.4 Å². The fourth-order valence-corrected chi connectivity index (χ4v) is 4.79. The first-order valence-electron chi connectivity index (χ1n) is 11.9. The second-order valence-corrected chi connectivity index (χ2v) is 8.89. The third kappa shape index (κ3) is 4.80. The number of nitrogens with zero attached hydrogens (tertiary/aromatic N) is 2. The lowest BCUT2D eigenvalue weighted by Gasteiger charge is -2.31. The Balaban J connectivity index is 1.51. The van der Waals surface area contributed by atoms with Crippen LogP contribution in [0.15, 0.2) is 45.6 Å². The van der Waals surface area contributed by atoms with Crippen molar-refractivity contribution in [1.29, 1.82) is 0 Å². The first-order valence-corrected chi connectivity index (χ1v) is 11.9. The minimum absolute atomic E-state index is 0.0293. The standard InChI is InChI=1S/C26H27F3N2O5/c1-33-20-6-3-2-5-17(20)22-23(32)18-7-8-21-19(24(18)36-25(22)26(27,28)29)15-31(16-35-21)10-4-9-30-11-13-34-14-12-30/h2-3,5-8H,4,9-16H2,1H3. The SMILES string of the molecule is COc1ccccc1-c1c(C(F)(F)F)oc2c3c(ccc2c1=O)OCN(CCCN1CCOCC1)C3. The number of fused-ring (bicyclic) bond motifs is 3. The zero-order chi connectivity index (χ0) is 25.3. The van der Waals surface area contributed by atoms with Crippen molar-refractivity contribution in [3.8, 4) is 22.6 Å². The van der Waals surface area contributed by atoms with Crippen molar-refractivity contribution in [3.05, 3.63) is 57.9 Å². The summed E-state index contributed by atoms with van der Waals surface area (Å²) < 4.78 is 64.6. The van der Waals surface area contributed by atoms with Gasteiger partial charge >= 0.3 is 6.18 Å². The van der Waals surface area contributed by atoms with E-state index in [-0.39, 0.29) is 22.3 Å². The van der Waals surface area contributed by atoms with Gasteiger partial charge in [-0.25, -0.2) is 0 Å². The smallest absolute Gasteiger partial charge is 0.450 e. The summed E-state index contributed by atoms with van der Waals surface area (Å²) in [7, 11) is 1.34. The number of alkyl halides is 3. The van der Waals surface area contributed by atoms with E-state index >= 15 is 0 Å². The van der Waals surface area contributed by atoms with Crippen molar-refractivity contribution in [2.45, 2.75) is 19.1 Å². The van der Waals surface area contributed by atoms with E-state index in [1.165, 1.54) is 25.3 Å². The summed E-state index contributed by atoms with van der Waals surface area (Å²) in [6, 6.07) is 9.20. The van der Waals surface area contributed by atoms with Crippen LogP contribution in [0.5, 0.6) is 11.5 Å². The summed E-state index contributed by atoms with van der Waals surface area (Å²) in [5.41, 5.74) is -0.950. The third-order valence-corrected chi connectivity index (χ3v) is 6.59. The minimum Gasteiger partial charge on any atom is -0.496 e. The molecule has 3 aromatic rings. The maximum Gasteiger partial charge on any atom is 0.450 e. The number of hydrogen-bond donors (Lipinski definition) is 0. The molecule has 10 heteroatoms. The molecule has 5 rings (SSSR count). The van der Waals surface area contributed by atoms with Crippen LogP contribution in [0, 0.1) is 0 Å². The van der Waals surface area contributed by atoms with E-state index < -0.39 is 22.9 Å². The summed E-state index contributed by atoms with van der Waals surface area (Å²) >= 11 is 0. The molecule has 0 bridgehead atoms. The monoisotopic (exact) mass is 504 g/mol. The first kappa shape index (κ1) is 24.6. The van der Waals surface area contributed by atoms with Gasteiger partial charge < -0.3 is 18.6 Å². The number of morpholine rings is 1. The van der Waals surface area contributed by atoms with Crippen molar-refractivity contribution >= 4 is 11.0 Å². The molecular formula is C26H27F3N2O5. The molecule has 0 unspecified atom stereocenters. The molecule has 0 aliphatic carbocycles. The van der Waals surface area contributed by atoms with Crippen LogP contribution in [0.4, 0.5) is 13.2 Å². The molecular weight excluding hydrogens is 477 g/mol. The van der Waals surface area contributed by atoms with Crippen LogP contribution in [-0.4, -0.2) is 63.0 Å². The van der Waals surface area contributed by atoms with Crippen molar-refractivity contribution in [1.82, 2.24) is 9.80 Å². The average Bonchev–Trinajstić information content (AvgIpc) is 2.88. The van der Waals surface area contributed by atoms with Gasteiger partial charge in [0.25, 0.3) is 0 Å². The van der Waals surface area contributed by atoms with Crippen molar-refractivity contribution < 1.29 is 31.8 Å². The van der Waals surface area contributed by atoms with Gasteiger partial charge in [0, 0.05) is 31.7 Å². The minimum atomic E-state index is -4.89. The second-order valence-electron chi connectivity index (χ2n) is 8.89. The highest BCUT2D eigenvalue weighted by Gasteiger charge is 2.40. The number of hydrogen-bond acceptors (Lipinski definition) is 7. The van der Waals surface area contributed by atoms with E-state index in [1.807, 2.05) is 4.90 Å². The fourth-order valence-electron chi connectivity index (χ4n) is 4.79. The largest absolute Gasteiger partial charge is 0.496 e. The highest BCUT2D eigenvalue weighted by molar-refractivity contribution is 5.88. The van der Waals surface area contributed by atoms with Crippen molar-refractivity contribution in [2.75, 3.05) is 53.2 Å². The van der Waals surface area contributed by atoms with Gasteiger partial charge in [-0.3, -0.25) is 14.6 Å². The normalized spacial score (nSPS) is 17.1. The molecule has 192 valence electrons. The van der Waals surface area contributed by atoms with Crippen LogP contribution in [0.1, 0.15) is 17.7 Å². The number of benzene rings is 2. The van der Waals surface area contributed by atoms with Crippen molar-refractivity contribution in [2.24, 2.45) is 0 Å². The van der Waals surface area contributed by atoms with E-state index in [4.69, 9.17) is 18.6 Å². The molecule has 0 amide bonds. The van der Waals surface area contributed by atoms with Crippen LogP contribution in [0.2, 0.25) is 0 Å². The number of rotatable bonds is 6. The van der Waals surface area contributed by atoms with E-state index in [2.05, 4.69) is 4.90 Å². The summed E-state index contributed by atoms with van der Waals surface area (Å²) in [6.45, 7) is 5.48. The lowest BCUT2D eigenvalue weighted by atomic mass is 9.99. The van der Waals surface area contributed by atoms with Crippen LogP contribution < -0.4 is 14.9 Å². The molecule has 7 nitrogen and oxygen atoms in total. The summed E-state index contributed by atoms with van der Waals surface area (Å²) in [4.78, 5) is 17.8. The van der Waals surface area contributed by atoms with Gasteiger partial charge in [-0.1, -0.05) is 18.2 Å². The fraction of sp³-hybridized carbons (Fsp3) is 0.423. The Labute approximate surface area is 205 Å². The molecule has 1 fully saturated rings. The zero-order valence-corrected chi connectivity index (χ0v) is 19.9. The highest BCUT2D eigenvalue weighted by Crippen LogP contribution is 2.42. The molecule has 2 aliphatic rings. The van der Waals surface area contributed by atoms with E-state index in [0.717, 1.165) is 39.3 Å². The predicted octanol–water partition coefficient (Wildman–Crippen LogP) is 4.36. The molecule has 0 spiro atoms. The molecule has 1 aromatic heterocycles. The highest BCUT2D eigenvalue weighted by atomic mass is 19.4. The zero-order valence-electron chi connectivity index (χ0n) is 19.9. The molecule has 0 N–H and O–H groups in total. The Morgan fingerprint density at radius 3 is 2.53 bits per heavy atom. The summed E-state index contributed by atoms with van der Waals surface area (Å²) in [5.74, 6) is -0.766. The van der Waals surface area contributed by atoms with Gasteiger partial charge in [-0.15, -0.1) is 0 Å². The van der Waals surface area contributed by atoms with Crippen LogP contribution >= 0.6 is 0 Å². The van der Waals surface area contributed by atoms with Gasteiger partial charge in [-0.05, 0) is 31.2 Å².